The fourth-order valence-electron chi connectivity index (χ4n) is 8.10. The van der Waals surface area contributed by atoms with Crippen LogP contribution < -0.4 is 0 Å². The van der Waals surface area contributed by atoms with Crippen LogP contribution in [0.3, 0.4) is 0 Å². The molecule has 0 aliphatic heterocycles. The molecule has 10 rings (SSSR count). The van der Waals surface area contributed by atoms with Crippen LogP contribution in [-0.2, 0) is 5.41 Å². The van der Waals surface area contributed by atoms with E-state index in [4.69, 9.17) is 4.98 Å². The standard InChI is InChI=1S/C44H31N3/c1-44(2)37-24-29(28-12-5-3-6-13-28)19-21-32(37)34-27-42-36(26-38(34)44)43-41(18-11-23-45-43)47(42)31-20-22-40-35(25-31)33-16-9-10-17-39(33)46(40)30-14-7-4-8-15-30/h3-27H,1-2H3. The molecule has 3 nitrogen and oxygen atoms in total. The van der Waals surface area contributed by atoms with Crippen molar-refractivity contribution in [3.8, 4) is 33.6 Å². The summed E-state index contributed by atoms with van der Waals surface area (Å²) in [5.41, 5.74) is 15.8. The average Bonchev–Trinajstić information content (AvgIpc) is 3.71. The van der Waals surface area contributed by atoms with Gasteiger partial charge in [0.2, 0.25) is 0 Å². The van der Waals surface area contributed by atoms with E-state index in [1.165, 1.54) is 71.8 Å². The predicted octanol–water partition coefficient (Wildman–Crippen LogP) is 11.2. The van der Waals surface area contributed by atoms with Gasteiger partial charge in [-0.15, -0.1) is 0 Å². The normalized spacial score (nSPS) is 13.5. The van der Waals surface area contributed by atoms with Crippen molar-refractivity contribution in [1.29, 1.82) is 0 Å². The highest BCUT2D eigenvalue weighted by molar-refractivity contribution is 6.12. The SMILES string of the molecule is CC1(C)c2cc(-c3ccccc3)ccc2-c2cc3c(cc21)c1ncccc1n3-c1ccc2c(c1)c1ccccc1n2-c1ccccc1. The second-order valence-electron chi connectivity index (χ2n) is 13.3. The van der Waals surface area contributed by atoms with Gasteiger partial charge in [-0.05, 0) is 100 Å². The van der Waals surface area contributed by atoms with Gasteiger partial charge in [0.05, 0.1) is 27.6 Å². The Kier molecular flexibility index (Phi) is 5.34. The van der Waals surface area contributed by atoms with Crippen molar-refractivity contribution in [2.75, 3.05) is 0 Å². The number of rotatable bonds is 3. The van der Waals surface area contributed by atoms with Gasteiger partial charge in [-0.3, -0.25) is 4.98 Å². The molecular formula is C44H31N3. The molecule has 0 amide bonds. The molecule has 6 aromatic carbocycles. The Labute approximate surface area is 273 Å². The van der Waals surface area contributed by atoms with Crippen LogP contribution in [-0.4, -0.2) is 14.1 Å². The maximum absolute atomic E-state index is 4.96. The largest absolute Gasteiger partial charge is 0.309 e. The molecule has 3 aromatic heterocycles. The van der Waals surface area contributed by atoms with Crippen LogP contribution in [0.5, 0.6) is 0 Å². The minimum Gasteiger partial charge on any atom is -0.309 e. The van der Waals surface area contributed by atoms with Crippen LogP contribution in [0.25, 0.3) is 77.4 Å². The van der Waals surface area contributed by atoms with E-state index in [1.807, 2.05) is 6.20 Å². The molecule has 0 radical (unpaired) electrons. The lowest BCUT2D eigenvalue weighted by Gasteiger charge is -2.22. The molecule has 1 aliphatic rings. The number of hydrogen-bond donors (Lipinski definition) is 0. The highest BCUT2D eigenvalue weighted by Gasteiger charge is 2.36. The Morgan fingerprint density at radius 2 is 1.15 bits per heavy atom. The van der Waals surface area contributed by atoms with E-state index in [0.717, 1.165) is 16.7 Å². The quantitative estimate of drug-likeness (QED) is 0.198. The zero-order valence-electron chi connectivity index (χ0n) is 26.3. The van der Waals surface area contributed by atoms with Crippen LogP contribution in [0.4, 0.5) is 0 Å². The molecule has 47 heavy (non-hydrogen) atoms. The van der Waals surface area contributed by atoms with Gasteiger partial charge in [-0.2, -0.15) is 0 Å². The zero-order chi connectivity index (χ0) is 31.3. The summed E-state index contributed by atoms with van der Waals surface area (Å²) in [6.45, 7) is 4.72. The summed E-state index contributed by atoms with van der Waals surface area (Å²) in [6.07, 6.45) is 1.92. The summed E-state index contributed by atoms with van der Waals surface area (Å²) in [6, 6.07) is 53.1. The summed E-state index contributed by atoms with van der Waals surface area (Å²) < 4.78 is 4.78. The number of fused-ring (bicyclic) bond motifs is 9. The number of para-hydroxylation sites is 2. The van der Waals surface area contributed by atoms with E-state index in [0.29, 0.717) is 0 Å². The molecule has 0 spiro atoms. The Bertz CT molecular complexity index is 2690. The van der Waals surface area contributed by atoms with Crippen molar-refractivity contribution in [3.05, 3.63) is 163 Å². The highest BCUT2D eigenvalue weighted by atomic mass is 15.0. The van der Waals surface area contributed by atoms with Crippen LogP contribution in [0, 0.1) is 0 Å². The first kappa shape index (κ1) is 26.3. The fourth-order valence-corrected chi connectivity index (χ4v) is 8.10. The van der Waals surface area contributed by atoms with Crippen molar-refractivity contribution >= 4 is 43.7 Å². The molecule has 1 aliphatic carbocycles. The maximum atomic E-state index is 4.96. The molecule has 0 atom stereocenters. The number of nitrogens with zero attached hydrogens (tertiary/aromatic N) is 3. The third kappa shape index (κ3) is 3.65. The number of pyridine rings is 1. The molecule has 0 N–H and O–H groups in total. The van der Waals surface area contributed by atoms with E-state index in [2.05, 4.69) is 169 Å². The van der Waals surface area contributed by atoms with Crippen molar-refractivity contribution in [2.45, 2.75) is 19.3 Å². The van der Waals surface area contributed by atoms with Crippen molar-refractivity contribution < 1.29 is 0 Å². The molecule has 222 valence electrons. The van der Waals surface area contributed by atoms with Crippen molar-refractivity contribution in [2.24, 2.45) is 0 Å². The molecule has 3 heterocycles. The van der Waals surface area contributed by atoms with Gasteiger partial charge >= 0.3 is 0 Å². The number of aromatic nitrogens is 3. The first-order valence-corrected chi connectivity index (χ1v) is 16.3. The van der Waals surface area contributed by atoms with Crippen LogP contribution in [0.2, 0.25) is 0 Å². The summed E-state index contributed by atoms with van der Waals surface area (Å²) >= 11 is 0. The summed E-state index contributed by atoms with van der Waals surface area (Å²) in [5.74, 6) is 0. The van der Waals surface area contributed by atoms with Gasteiger partial charge in [0.25, 0.3) is 0 Å². The molecule has 0 fully saturated rings. The third-order valence-electron chi connectivity index (χ3n) is 10.4. The van der Waals surface area contributed by atoms with Gasteiger partial charge in [-0.1, -0.05) is 92.7 Å². The second-order valence-corrected chi connectivity index (χ2v) is 13.3. The predicted molar refractivity (Wildman–Crippen MR) is 196 cm³/mol. The molecule has 3 heteroatoms. The van der Waals surface area contributed by atoms with E-state index in [1.54, 1.807) is 0 Å². The highest BCUT2D eigenvalue weighted by Crippen LogP contribution is 2.52. The zero-order valence-corrected chi connectivity index (χ0v) is 26.3. The minimum atomic E-state index is -0.134. The lowest BCUT2D eigenvalue weighted by atomic mass is 9.81. The average molecular weight is 602 g/mol. The first-order valence-electron chi connectivity index (χ1n) is 16.3. The summed E-state index contributed by atoms with van der Waals surface area (Å²) in [7, 11) is 0. The number of benzene rings is 6. The lowest BCUT2D eigenvalue weighted by molar-refractivity contribution is 0.661. The van der Waals surface area contributed by atoms with E-state index >= 15 is 0 Å². The van der Waals surface area contributed by atoms with E-state index in [-0.39, 0.29) is 5.41 Å². The molecule has 0 saturated carbocycles. The lowest BCUT2D eigenvalue weighted by Crippen LogP contribution is -2.15. The monoisotopic (exact) mass is 601 g/mol. The van der Waals surface area contributed by atoms with Crippen LogP contribution >= 0.6 is 0 Å². The van der Waals surface area contributed by atoms with Crippen molar-refractivity contribution in [1.82, 2.24) is 14.1 Å². The molecular weight excluding hydrogens is 571 g/mol. The Hall–Kier alpha value is -5.93. The van der Waals surface area contributed by atoms with Gasteiger partial charge in [0.15, 0.2) is 0 Å². The Morgan fingerprint density at radius 1 is 0.447 bits per heavy atom. The van der Waals surface area contributed by atoms with Crippen LogP contribution in [0.15, 0.2) is 152 Å². The second kappa shape index (κ2) is 9.54. The van der Waals surface area contributed by atoms with E-state index < -0.39 is 0 Å². The van der Waals surface area contributed by atoms with Gasteiger partial charge in [0, 0.05) is 39.1 Å². The summed E-state index contributed by atoms with van der Waals surface area (Å²) in [4.78, 5) is 4.96. The molecule has 0 saturated heterocycles. The first-order chi connectivity index (χ1) is 23.1. The van der Waals surface area contributed by atoms with Gasteiger partial charge in [-0.25, -0.2) is 0 Å². The third-order valence-corrected chi connectivity index (χ3v) is 10.4. The maximum Gasteiger partial charge on any atom is 0.0963 e. The molecule has 0 unspecified atom stereocenters. The Morgan fingerprint density at radius 3 is 2.00 bits per heavy atom. The summed E-state index contributed by atoms with van der Waals surface area (Å²) in [5, 5.41) is 3.68. The Balaban J connectivity index is 1.23. The fraction of sp³-hybridized carbons (Fsp3) is 0.0682. The van der Waals surface area contributed by atoms with Gasteiger partial charge in [0.1, 0.15) is 0 Å². The molecule has 9 aromatic rings. The minimum absolute atomic E-state index is 0.134. The molecule has 0 bridgehead atoms. The van der Waals surface area contributed by atoms with Gasteiger partial charge < -0.3 is 9.13 Å². The van der Waals surface area contributed by atoms with Crippen molar-refractivity contribution in [3.63, 3.8) is 0 Å². The number of hydrogen-bond acceptors (Lipinski definition) is 1. The van der Waals surface area contributed by atoms with E-state index in [9.17, 15) is 0 Å². The topological polar surface area (TPSA) is 22.8 Å². The van der Waals surface area contributed by atoms with Crippen LogP contribution in [0.1, 0.15) is 25.0 Å². The smallest absolute Gasteiger partial charge is 0.0963 e.